The number of hydrogen-bond donors (Lipinski definition) is 0. The van der Waals surface area contributed by atoms with Gasteiger partial charge in [0.1, 0.15) is 5.75 Å². The largest absolute Gasteiger partial charge is 0.496 e. The molecule has 4 nitrogen and oxygen atoms in total. The molecule has 1 aromatic rings. The molecule has 0 saturated heterocycles. The molecule has 0 heterocycles. The van der Waals surface area contributed by atoms with Crippen molar-refractivity contribution in [2.75, 3.05) is 21.3 Å². The third kappa shape index (κ3) is 3.88. The van der Waals surface area contributed by atoms with Gasteiger partial charge in [-0.05, 0) is 18.4 Å². The fourth-order valence-corrected chi connectivity index (χ4v) is 1.80. The van der Waals surface area contributed by atoms with Crippen molar-refractivity contribution in [1.82, 2.24) is 0 Å². The van der Waals surface area contributed by atoms with Crippen LogP contribution in [0.1, 0.15) is 37.0 Å². The Balaban J connectivity index is 3.07. The second-order valence-corrected chi connectivity index (χ2v) is 4.76. The number of hydrogen-bond acceptors (Lipinski definition) is 4. The van der Waals surface area contributed by atoms with Crippen LogP contribution in [0.15, 0.2) is 12.1 Å². The number of rotatable bonds is 7. The van der Waals surface area contributed by atoms with Crippen molar-refractivity contribution < 1.29 is 19.0 Å². The van der Waals surface area contributed by atoms with Gasteiger partial charge in [-0.3, -0.25) is 4.79 Å². The molecule has 106 valence electrons. The molecule has 0 radical (unpaired) electrons. The van der Waals surface area contributed by atoms with Crippen molar-refractivity contribution in [3.63, 3.8) is 0 Å². The Morgan fingerprint density at radius 3 is 2.00 bits per heavy atom. The summed E-state index contributed by atoms with van der Waals surface area (Å²) in [4.78, 5) is 12.2. The molecule has 0 unspecified atom stereocenters. The predicted molar refractivity (Wildman–Crippen MR) is 74.5 cm³/mol. The number of carbonyl (C=O) groups is 1. The average Bonchev–Trinajstić information content (AvgIpc) is 2.42. The lowest BCUT2D eigenvalue weighted by Crippen LogP contribution is -2.05. The smallest absolute Gasteiger partial charge is 0.166 e. The molecule has 0 amide bonds. The van der Waals surface area contributed by atoms with Gasteiger partial charge in [0.25, 0.3) is 0 Å². The summed E-state index contributed by atoms with van der Waals surface area (Å²) < 4.78 is 15.7. The van der Waals surface area contributed by atoms with E-state index in [-0.39, 0.29) is 5.78 Å². The van der Waals surface area contributed by atoms with Crippen molar-refractivity contribution in [3.8, 4) is 17.2 Å². The maximum atomic E-state index is 12.2. The summed E-state index contributed by atoms with van der Waals surface area (Å²) in [6.45, 7) is 4.19. The van der Waals surface area contributed by atoms with Crippen molar-refractivity contribution in [1.29, 1.82) is 0 Å². The van der Waals surface area contributed by atoms with Crippen LogP contribution in [0.25, 0.3) is 0 Å². The zero-order chi connectivity index (χ0) is 14.4. The topological polar surface area (TPSA) is 44.8 Å². The third-order valence-electron chi connectivity index (χ3n) is 2.95. The number of Topliss-reactive ketones (excluding diaryl/α,β-unsaturated/α-hetero) is 1. The Morgan fingerprint density at radius 1 is 1.00 bits per heavy atom. The van der Waals surface area contributed by atoms with Gasteiger partial charge in [0.2, 0.25) is 0 Å². The van der Waals surface area contributed by atoms with E-state index in [1.54, 1.807) is 33.5 Å². The highest BCUT2D eigenvalue weighted by Crippen LogP contribution is 2.35. The summed E-state index contributed by atoms with van der Waals surface area (Å²) in [5.41, 5.74) is 0.542. The van der Waals surface area contributed by atoms with E-state index in [2.05, 4.69) is 13.8 Å². The van der Waals surface area contributed by atoms with Gasteiger partial charge >= 0.3 is 0 Å². The van der Waals surface area contributed by atoms with E-state index in [1.807, 2.05) is 0 Å². The van der Waals surface area contributed by atoms with E-state index in [9.17, 15) is 4.79 Å². The molecule has 0 N–H and O–H groups in total. The zero-order valence-electron chi connectivity index (χ0n) is 12.3. The van der Waals surface area contributed by atoms with Crippen LogP contribution in [0.3, 0.4) is 0 Å². The molecule has 0 aliphatic heterocycles. The number of ether oxygens (including phenoxy) is 3. The maximum absolute atomic E-state index is 12.2. The molecule has 19 heavy (non-hydrogen) atoms. The number of ketones is 1. The first-order valence-corrected chi connectivity index (χ1v) is 6.36. The van der Waals surface area contributed by atoms with Gasteiger partial charge in [0.05, 0.1) is 26.9 Å². The molecule has 4 heteroatoms. The summed E-state index contributed by atoms with van der Waals surface area (Å²) in [5.74, 6) is 2.17. The summed E-state index contributed by atoms with van der Waals surface area (Å²) in [5, 5.41) is 0. The highest BCUT2D eigenvalue weighted by atomic mass is 16.5. The Hall–Kier alpha value is -1.71. The lowest BCUT2D eigenvalue weighted by atomic mass is 10.00. The van der Waals surface area contributed by atoms with Crippen LogP contribution >= 0.6 is 0 Å². The first-order chi connectivity index (χ1) is 9.03. The first-order valence-electron chi connectivity index (χ1n) is 6.36. The zero-order valence-corrected chi connectivity index (χ0v) is 12.3. The molecular formula is C15H22O4. The number of methoxy groups -OCH3 is 3. The molecule has 0 fully saturated rings. The van der Waals surface area contributed by atoms with Gasteiger partial charge in [-0.1, -0.05) is 13.8 Å². The van der Waals surface area contributed by atoms with Crippen LogP contribution in [-0.2, 0) is 0 Å². The number of carbonyl (C=O) groups excluding carboxylic acids is 1. The second kappa shape index (κ2) is 7.02. The van der Waals surface area contributed by atoms with Gasteiger partial charge in [-0.25, -0.2) is 0 Å². The van der Waals surface area contributed by atoms with Crippen LogP contribution in [0.5, 0.6) is 17.2 Å². The van der Waals surface area contributed by atoms with Crippen LogP contribution in [0, 0.1) is 5.92 Å². The molecule has 0 saturated carbocycles. The molecule has 0 aliphatic rings. The van der Waals surface area contributed by atoms with Gasteiger partial charge in [-0.2, -0.15) is 0 Å². The van der Waals surface area contributed by atoms with Gasteiger partial charge in [0.15, 0.2) is 17.3 Å². The summed E-state index contributed by atoms with van der Waals surface area (Å²) in [6.07, 6.45) is 1.36. The Morgan fingerprint density at radius 2 is 1.53 bits per heavy atom. The standard InChI is InChI=1S/C15H22O4/c1-10(2)6-7-12(16)11-8-14(18-4)15(19-5)9-13(11)17-3/h8-10H,6-7H2,1-5H3. The Bertz CT molecular complexity index is 438. The normalized spacial score (nSPS) is 10.4. The van der Waals surface area contributed by atoms with E-state index in [0.717, 1.165) is 6.42 Å². The van der Waals surface area contributed by atoms with Gasteiger partial charge in [0, 0.05) is 12.5 Å². The molecule has 1 rings (SSSR count). The van der Waals surface area contributed by atoms with Crippen LogP contribution in [-0.4, -0.2) is 27.1 Å². The van der Waals surface area contributed by atoms with Gasteiger partial charge < -0.3 is 14.2 Å². The van der Waals surface area contributed by atoms with Crippen LogP contribution < -0.4 is 14.2 Å². The summed E-state index contributed by atoms with van der Waals surface area (Å²) in [7, 11) is 4.64. The third-order valence-corrected chi connectivity index (χ3v) is 2.95. The molecule has 1 aromatic carbocycles. The van der Waals surface area contributed by atoms with Crippen molar-refractivity contribution in [2.24, 2.45) is 5.92 Å². The average molecular weight is 266 g/mol. The quantitative estimate of drug-likeness (QED) is 0.710. The van der Waals surface area contributed by atoms with E-state index >= 15 is 0 Å². The minimum atomic E-state index is 0.0616. The molecule has 0 bridgehead atoms. The Kier molecular flexibility index (Phi) is 5.67. The minimum absolute atomic E-state index is 0.0616. The molecular weight excluding hydrogens is 244 g/mol. The lowest BCUT2D eigenvalue weighted by molar-refractivity contribution is 0.0972. The number of benzene rings is 1. The molecule has 0 aliphatic carbocycles. The Labute approximate surface area is 114 Å². The highest BCUT2D eigenvalue weighted by Gasteiger charge is 2.17. The molecule has 0 aromatic heterocycles. The van der Waals surface area contributed by atoms with E-state index in [1.165, 1.54) is 0 Å². The minimum Gasteiger partial charge on any atom is -0.496 e. The monoisotopic (exact) mass is 266 g/mol. The molecule has 0 atom stereocenters. The van der Waals surface area contributed by atoms with E-state index in [4.69, 9.17) is 14.2 Å². The highest BCUT2D eigenvalue weighted by molar-refractivity contribution is 5.99. The van der Waals surface area contributed by atoms with Crippen molar-refractivity contribution in [2.45, 2.75) is 26.7 Å². The van der Waals surface area contributed by atoms with Gasteiger partial charge in [-0.15, -0.1) is 0 Å². The maximum Gasteiger partial charge on any atom is 0.166 e. The van der Waals surface area contributed by atoms with E-state index in [0.29, 0.717) is 35.2 Å². The van der Waals surface area contributed by atoms with Crippen molar-refractivity contribution >= 4 is 5.78 Å². The molecule has 0 spiro atoms. The predicted octanol–water partition coefficient (Wildman–Crippen LogP) is 3.33. The first kappa shape index (κ1) is 15.3. The SMILES string of the molecule is COc1cc(OC)c(C(=O)CCC(C)C)cc1OC. The van der Waals surface area contributed by atoms with Crippen molar-refractivity contribution in [3.05, 3.63) is 17.7 Å². The van der Waals surface area contributed by atoms with Crippen LogP contribution in [0.2, 0.25) is 0 Å². The fourth-order valence-electron chi connectivity index (χ4n) is 1.80. The summed E-state index contributed by atoms with van der Waals surface area (Å²) in [6, 6.07) is 3.36. The van der Waals surface area contributed by atoms with E-state index < -0.39 is 0 Å². The fraction of sp³-hybridized carbons (Fsp3) is 0.533. The summed E-state index contributed by atoms with van der Waals surface area (Å²) >= 11 is 0. The second-order valence-electron chi connectivity index (χ2n) is 4.76. The van der Waals surface area contributed by atoms with Crippen LogP contribution in [0.4, 0.5) is 0 Å². The lowest BCUT2D eigenvalue weighted by Gasteiger charge is -2.13.